The fourth-order valence-corrected chi connectivity index (χ4v) is 3.53. The maximum Gasteiger partial charge on any atom is 0.0762 e. The van der Waals surface area contributed by atoms with Crippen molar-refractivity contribution in [2.45, 2.75) is 70.5 Å². The molecule has 18 heavy (non-hydrogen) atoms. The van der Waals surface area contributed by atoms with E-state index in [0.717, 1.165) is 12.5 Å². The van der Waals surface area contributed by atoms with Crippen LogP contribution in [0, 0.1) is 5.92 Å². The highest BCUT2D eigenvalue weighted by atomic mass is 15.3. The minimum atomic E-state index is 0.671. The van der Waals surface area contributed by atoms with Gasteiger partial charge in [-0.2, -0.15) is 5.10 Å². The molecule has 1 N–H and O–H groups in total. The molecule has 100 valence electrons. The highest BCUT2D eigenvalue weighted by Crippen LogP contribution is 2.29. The van der Waals surface area contributed by atoms with Gasteiger partial charge >= 0.3 is 0 Å². The zero-order chi connectivity index (χ0) is 12.4. The molecule has 1 aromatic heterocycles. The summed E-state index contributed by atoms with van der Waals surface area (Å²) in [4.78, 5) is 0. The molecule has 2 saturated carbocycles. The molecule has 0 bridgehead atoms. The Morgan fingerprint density at radius 1 is 1.22 bits per heavy atom. The van der Waals surface area contributed by atoms with Crippen molar-refractivity contribution in [1.29, 1.82) is 0 Å². The van der Waals surface area contributed by atoms with E-state index in [1.165, 1.54) is 50.6 Å². The molecule has 1 aromatic rings. The van der Waals surface area contributed by atoms with Crippen molar-refractivity contribution in [3.05, 3.63) is 18.0 Å². The second-order valence-corrected chi connectivity index (χ2v) is 6.12. The zero-order valence-corrected chi connectivity index (χ0v) is 11.4. The Bertz CT molecular complexity index is 379. The molecule has 3 heteroatoms. The van der Waals surface area contributed by atoms with Crippen LogP contribution < -0.4 is 5.32 Å². The van der Waals surface area contributed by atoms with Crippen molar-refractivity contribution in [3.63, 3.8) is 0 Å². The monoisotopic (exact) mass is 247 g/mol. The normalized spacial score (nSPS) is 29.2. The third-order valence-electron chi connectivity index (χ3n) is 4.77. The van der Waals surface area contributed by atoms with Crippen LogP contribution >= 0.6 is 0 Å². The Balaban J connectivity index is 1.53. The first kappa shape index (κ1) is 12.2. The van der Waals surface area contributed by atoms with Gasteiger partial charge < -0.3 is 5.32 Å². The summed E-state index contributed by atoms with van der Waals surface area (Å²) in [7, 11) is 0. The third-order valence-corrected chi connectivity index (χ3v) is 4.77. The molecule has 2 aliphatic rings. The molecule has 2 atom stereocenters. The van der Waals surface area contributed by atoms with Crippen LogP contribution in [0.4, 0.5) is 0 Å². The van der Waals surface area contributed by atoms with Crippen LogP contribution in [-0.4, -0.2) is 15.8 Å². The largest absolute Gasteiger partial charge is 0.308 e. The summed E-state index contributed by atoms with van der Waals surface area (Å²) in [6.07, 6.45) is 11.6. The number of hydrogen-bond donors (Lipinski definition) is 1. The van der Waals surface area contributed by atoms with Crippen molar-refractivity contribution >= 4 is 0 Å². The van der Waals surface area contributed by atoms with Crippen LogP contribution in [0.25, 0.3) is 0 Å². The molecule has 0 saturated heterocycles. The Morgan fingerprint density at radius 2 is 2.06 bits per heavy atom. The van der Waals surface area contributed by atoms with Crippen molar-refractivity contribution in [2.24, 2.45) is 5.92 Å². The fourth-order valence-electron chi connectivity index (χ4n) is 3.53. The predicted molar refractivity (Wildman–Crippen MR) is 73.4 cm³/mol. The van der Waals surface area contributed by atoms with Gasteiger partial charge in [-0.1, -0.05) is 26.2 Å². The van der Waals surface area contributed by atoms with Gasteiger partial charge in [0.1, 0.15) is 0 Å². The smallest absolute Gasteiger partial charge is 0.0762 e. The summed E-state index contributed by atoms with van der Waals surface area (Å²) < 4.78 is 2.20. The summed E-state index contributed by atoms with van der Waals surface area (Å²) in [5.41, 5.74) is 1.21. The molecule has 0 aromatic carbocycles. The van der Waals surface area contributed by atoms with Gasteiger partial charge in [0.15, 0.2) is 0 Å². The Hall–Kier alpha value is -0.830. The molecule has 0 amide bonds. The lowest BCUT2D eigenvalue weighted by atomic mass is 10.1. The summed E-state index contributed by atoms with van der Waals surface area (Å²) in [5.74, 6) is 0.835. The van der Waals surface area contributed by atoms with Crippen LogP contribution in [0.1, 0.15) is 63.6 Å². The van der Waals surface area contributed by atoms with Gasteiger partial charge in [-0.3, -0.25) is 4.68 Å². The van der Waals surface area contributed by atoms with Gasteiger partial charge in [-0.25, -0.2) is 0 Å². The molecule has 0 aliphatic heterocycles. The second-order valence-electron chi connectivity index (χ2n) is 6.12. The lowest BCUT2D eigenvalue weighted by Crippen LogP contribution is -2.30. The highest BCUT2D eigenvalue weighted by molar-refractivity contribution is 5.00. The van der Waals surface area contributed by atoms with Gasteiger partial charge in [0.25, 0.3) is 0 Å². The minimum absolute atomic E-state index is 0.671. The van der Waals surface area contributed by atoms with E-state index in [9.17, 15) is 0 Å². The number of nitrogens with one attached hydrogen (secondary N) is 1. The van der Waals surface area contributed by atoms with Crippen LogP contribution in [0.2, 0.25) is 0 Å². The van der Waals surface area contributed by atoms with Crippen LogP contribution in [-0.2, 0) is 6.54 Å². The van der Waals surface area contributed by atoms with Crippen LogP contribution in [0.3, 0.4) is 0 Å². The SMILES string of the molecule is CC1CCCC1NCc1ccn(C2CCCC2)n1. The summed E-state index contributed by atoms with van der Waals surface area (Å²) >= 11 is 0. The topological polar surface area (TPSA) is 29.9 Å². The van der Waals surface area contributed by atoms with E-state index < -0.39 is 0 Å². The van der Waals surface area contributed by atoms with Crippen molar-refractivity contribution in [2.75, 3.05) is 0 Å². The molecule has 1 heterocycles. The first-order valence-corrected chi connectivity index (χ1v) is 7.60. The standard InChI is InChI=1S/C15H25N3/c1-12-5-4-8-15(12)16-11-13-9-10-18(17-13)14-6-2-3-7-14/h9-10,12,14-16H,2-8,11H2,1H3. The molecule has 0 spiro atoms. The van der Waals surface area contributed by atoms with E-state index in [0.29, 0.717) is 12.1 Å². The molecule has 3 nitrogen and oxygen atoms in total. The van der Waals surface area contributed by atoms with Crippen molar-refractivity contribution < 1.29 is 0 Å². The van der Waals surface area contributed by atoms with Gasteiger partial charge in [0.05, 0.1) is 11.7 Å². The number of hydrogen-bond acceptors (Lipinski definition) is 2. The lowest BCUT2D eigenvalue weighted by Gasteiger charge is -2.16. The first-order valence-electron chi connectivity index (χ1n) is 7.60. The molecule has 2 unspecified atom stereocenters. The van der Waals surface area contributed by atoms with E-state index >= 15 is 0 Å². The maximum atomic E-state index is 4.73. The maximum absolute atomic E-state index is 4.73. The summed E-state index contributed by atoms with van der Waals surface area (Å²) in [6, 6.07) is 3.57. The number of nitrogens with zero attached hydrogens (tertiary/aromatic N) is 2. The van der Waals surface area contributed by atoms with E-state index in [1.807, 2.05) is 0 Å². The zero-order valence-electron chi connectivity index (χ0n) is 11.4. The van der Waals surface area contributed by atoms with Gasteiger partial charge in [-0.15, -0.1) is 0 Å². The van der Waals surface area contributed by atoms with E-state index in [4.69, 9.17) is 5.10 Å². The van der Waals surface area contributed by atoms with E-state index in [1.54, 1.807) is 0 Å². The quantitative estimate of drug-likeness (QED) is 0.885. The highest BCUT2D eigenvalue weighted by Gasteiger charge is 2.23. The fraction of sp³-hybridized carbons (Fsp3) is 0.800. The van der Waals surface area contributed by atoms with Gasteiger partial charge in [0.2, 0.25) is 0 Å². The predicted octanol–water partition coefficient (Wildman–Crippen LogP) is 3.28. The van der Waals surface area contributed by atoms with E-state index in [-0.39, 0.29) is 0 Å². The molecule has 2 aliphatic carbocycles. The minimum Gasteiger partial charge on any atom is -0.308 e. The number of rotatable bonds is 4. The average molecular weight is 247 g/mol. The second kappa shape index (κ2) is 5.43. The average Bonchev–Trinajstić information content (AvgIpc) is 3.08. The van der Waals surface area contributed by atoms with E-state index in [2.05, 4.69) is 29.2 Å². The van der Waals surface area contributed by atoms with Crippen molar-refractivity contribution in [3.8, 4) is 0 Å². The third kappa shape index (κ3) is 2.61. The Labute approximate surface area is 110 Å². The Kier molecular flexibility index (Phi) is 3.69. The molecule has 2 fully saturated rings. The number of aromatic nitrogens is 2. The molecular weight excluding hydrogens is 222 g/mol. The molecular formula is C15H25N3. The summed E-state index contributed by atoms with van der Waals surface area (Å²) in [6.45, 7) is 3.30. The lowest BCUT2D eigenvalue weighted by molar-refractivity contribution is 0.417. The van der Waals surface area contributed by atoms with Gasteiger partial charge in [0, 0.05) is 18.8 Å². The van der Waals surface area contributed by atoms with Crippen LogP contribution in [0.5, 0.6) is 0 Å². The van der Waals surface area contributed by atoms with Gasteiger partial charge in [-0.05, 0) is 37.7 Å². The van der Waals surface area contributed by atoms with Crippen molar-refractivity contribution in [1.82, 2.24) is 15.1 Å². The Morgan fingerprint density at radius 3 is 2.78 bits per heavy atom. The molecule has 3 rings (SSSR count). The van der Waals surface area contributed by atoms with Crippen LogP contribution in [0.15, 0.2) is 12.3 Å². The first-order chi connectivity index (χ1) is 8.83. The summed E-state index contributed by atoms with van der Waals surface area (Å²) in [5, 5.41) is 8.41. The molecule has 0 radical (unpaired) electrons.